The molecular formula is C22H22N2O3. The van der Waals surface area contributed by atoms with E-state index in [2.05, 4.69) is 40.2 Å². The van der Waals surface area contributed by atoms with Gasteiger partial charge >= 0.3 is 5.97 Å². The third kappa shape index (κ3) is 2.46. The molecule has 2 aliphatic heterocycles. The quantitative estimate of drug-likeness (QED) is 0.710. The number of fused-ring (bicyclic) bond motifs is 6. The lowest BCUT2D eigenvalue weighted by atomic mass is 9.84. The van der Waals surface area contributed by atoms with Gasteiger partial charge < -0.3 is 14.5 Å². The SMILES string of the molecule is COC(=O)[C@@H]1Cc2c([nH]c3ccccc23)[C@@H]2Cc3cc(OC)ccc3CN12. The number of ether oxygens (including phenoxy) is 2. The molecular weight excluding hydrogens is 340 g/mol. The molecule has 0 radical (unpaired) electrons. The van der Waals surface area contributed by atoms with Gasteiger partial charge in [0, 0.05) is 29.6 Å². The van der Waals surface area contributed by atoms with E-state index in [0.29, 0.717) is 6.42 Å². The Morgan fingerprint density at radius 3 is 2.78 bits per heavy atom. The Kier molecular flexibility index (Phi) is 3.72. The van der Waals surface area contributed by atoms with Crippen LogP contribution in [0.5, 0.6) is 5.75 Å². The van der Waals surface area contributed by atoms with Gasteiger partial charge in [-0.3, -0.25) is 9.69 Å². The van der Waals surface area contributed by atoms with Crippen molar-refractivity contribution in [1.29, 1.82) is 0 Å². The third-order valence-corrected chi connectivity index (χ3v) is 6.03. The van der Waals surface area contributed by atoms with Crippen LogP contribution in [-0.2, 0) is 28.9 Å². The molecule has 5 nitrogen and oxygen atoms in total. The minimum Gasteiger partial charge on any atom is -0.497 e. The minimum atomic E-state index is -0.262. The fourth-order valence-electron chi connectivity index (χ4n) is 4.69. The molecule has 2 aliphatic rings. The summed E-state index contributed by atoms with van der Waals surface area (Å²) in [5, 5.41) is 1.21. The number of aromatic nitrogens is 1. The Labute approximate surface area is 157 Å². The van der Waals surface area contributed by atoms with Gasteiger partial charge in [-0.05, 0) is 41.3 Å². The lowest BCUT2D eigenvalue weighted by Crippen LogP contribution is -2.50. The molecule has 0 spiro atoms. The van der Waals surface area contributed by atoms with E-state index in [9.17, 15) is 4.79 Å². The number of nitrogens with zero attached hydrogens (tertiary/aromatic N) is 1. The van der Waals surface area contributed by atoms with Crippen molar-refractivity contribution in [2.75, 3.05) is 14.2 Å². The zero-order valence-corrected chi connectivity index (χ0v) is 15.5. The molecule has 27 heavy (non-hydrogen) atoms. The van der Waals surface area contributed by atoms with Gasteiger partial charge in [-0.25, -0.2) is 0 Å². The number of methoxy groups -OCH3 is 2. The van der Waals surface area contributed by atoms with Crippen molar-refractivity contribution >= 4 is 16.9 Å². The molecule has 1 aromatic heterocycles. The van der Waals surface area contributed by atoms with Gasteiger partial charge in [-0.15, -0.1) is 0 Å². The van der Waals surface area contributed by atoms with Crippen molar-refractivity contribution in [3.05, 3.63) is 64.8 Å². The van der Waals surface area contributed by atoms with Crippen molar-refractivity contribution in [2.24, 2.45) is 0 Å². The molecule has 5 heteroatoms. The van der Waals surface area contributed by atoms with Crippen LogP contribution >= 0.6 is 0 Å². The van der Waals surface area contributed by atoms with E-state index in [1.54, 1.807) is 7.11 Å². The second kappa shape index (κ2) is 6.13. The van der Waals surface area contributed by atoms with Crippen LogP contribution in [0, 0.1) is 0 Å². The van der Waals surface area contributed by atoms with Crippen LogP contribution in [0.4, 0.5) is 0 Å². The van der Waals surface area contributed by atoms with Gasteiger partial charge in [0.1, 0.15) is 11.8 Å². The first-order valence-electron chi connectivity index (χ1n) is 9.28. The summed E-state index contributed by atoms with van der Waals surface area (Å²) in [4.78, 5) is 18.5. The lowest BCUT2D eigenvalue weighted by Gasteiger charge is -2.44. The summed E-state index contributed by atoms with van der Waals surface area (Å²) in [6, 6.07) is 14.4. The maximum atomic E-state index is 12.6. The molecule has 3 heterocycles. The number of para-hydroxylation sites is 1. The summed E-state index contributed by atoms with van der Waals surface area (Å²) in [5.74, 6) is 0.715. The van der Waals surface area contributed by atoms with E-state index >= 15 is 0 Å². The Morgan fingerprint density at radius 1 is 1.11 bits per heavy atom. The highest BCUT2D eigenvalue weighted by atomic mass is 16.5. The van der Waals surface area contributed by atoms with Gasteiger partial charge in [0.05, 0.1) is 20.3 Å². The molecule has 1 N–H and O–H groups in total. The summed E-state index contributed by atoms with van der Waals surface area (Å²) in [5.41, 5.74) is 6.13. The van der Waals surface area contributed by atoms with Crippen molar-refractivity contribution in [3.63, 3.8) is 0 Å². The zero-order chi connectivity index (χ0) is 18.5. The average molecular weight is 362 g/mol. The Balaban J connectivity index is 1.66. The van der Waals surface area contributed by atoms with E-state index in [1.165, 1.54) is 34.9 Å². The van der Waals surface area contributed by atoms with Crippen LogP contribution in [0.3, 0.4) is 0 Å². The number of hydrogen-bond donors (Lipinski definition) is 1. The molecule has 0 unspecified atom stereocenters. The standard InChI is InChI=1S/C22H22N2O3/c1-26-15-8-7-13-12-24-19(10-14(13)9-15)21-17(11-20(24)22(25)27-2)16-5-3-4-6-18(16)23-21/h3-9,19-20,23H,10-12H2,1-2H3/t19-,20-/m0/s1. The number of carbonyl (C=O) groups excluding carboxylic acids is 1. The number of esters is 1. The third-order valence-electron chi connectivity index (χ3n) is 6.03. The molecule has 0 saturated heterocycles. The monoisotopic (exact) mass is 362 g/mol. The van der Waals surface area contributed by atoms with Gasteiger partial charge in [0.25, 0.3) is 0 Å². The number of aromatic amines is 1. The smallest absolute Gasteiger partial charge is 0.323 e. The zero-order valence-electron chi connectivity index (χ0n) is 15.5. The maximum Gasteiger partial charge on any atom is 0.323 e. The molecule has 2 aromatic carbocycles. The number of benzene rings is 2. The van der Waals surface area contributed by atoms with Crippen LogP contribution < -0.4 is 4.74 Å². The normalized spacial score (nSPS) is 21.3. The number of hydrogen-bond acceptors (Lipinski definition) is 4. The molecule has 2 atom stereocenters. The predicted molar refractivity (Wildman–Crippen MR) is 103 cm³/mol. The average Bonchev–Trinajstić information content (AvgIpc) is 3.09. The summed E-state index contributed by atoms with van der Waals surface area (Å²) >= 11 is 0. The van der Waals surface area contributed by atoms with Crippen LogP contribution in [0.15, 0.2) is 42.5 Å². The Bertz CT molecular complexity index is 1040. The largest absolute Gasteiger partial charge is 0.497 e. The summed E-state index contributed by atoms with van der Waals surface area (Å²) in [6.45, 7) is 0.735. The molecule has 0 aliphatic carbocycles. The number of rotatable bonds is 2. The van der Waals surface area contributed by atoms with Crippen molar-refractivity contribution < 1.29 is 14.3 Å². The second-order valence-electron chi connectivity index (χ2n) is 7.33. The lowest BCUT2D eigenvalue weighted by molar-refractivity contribution is -0.149. The summed E-state index contributed by atoms with van der Waals surface area (Å²) in [6.07, 6.45) is 1.52. The molecule has 0 amide bonds. The Hall–Kier alpha value is -2.79. The fourth-order valence-corrected chi connectivity index (χ4v) is 4.69. The molecule has 3 aromatic rings. The van der Waals surface area contributed by atoms with Gasteiger partial charge in [0.2, 0.25) is 0 Å². The first-order valence-corrected chi connectivity index (χ1v) is 9.28. The Morgan fingerprint density at radius 2 is 1.96 bits per heavy atom. The molecule has 5 rings (SSSR count). The topological polar surface area (TPSA) is 54.6 Å². The number of H-pyrrole nitrogens is 1. The van der Waals surface area contributed by atoms with Crippen molar-refractivity contribution in [2.45, 2.75) is 31.5 Å². The molecule has 0 bridgehead atoms. The van der Waals surface area contributed by atoms with Crippen LogP contribution in [0.2, 0.25) is 0 Å². The number of carbonyl (C=O) groups is 1. The van der Waals surface area contributed by atoms with Gasteiger partial charge in [0.15, 0.2) is 0 Å². The maximum absolute atomic E-state index is 12.6. The van der Waals surface area contributed by atoms with Crippen LogP contribution in [0.25, 0.3) is 10.9 Å². The second-order valence-corrected chi connectivity index (χ2v) is 7.33. The number of nitrogens with one attached hydrogen (secondary N) is 1. The van der Waals surface area contributed by atoms with E-state index < -0.39 is 0 Å². The first kappa shape index (κ1) is 16.4. The van der Waals surface area contributed by atoms with Crippen LogP contribution in [0.1, 0.15) is 28.4 Å². The highest BCUT2D eigenvalue weighted by Crippen LogP contribution is 2.43. The van der Waals surface area contributed by atoms with E-state index in [0.717, 1.165) is 24.2 Å². The van der Waals surface area contributed by atoms with E-state index in [-0.39, 0.29) is 18.1 Å². The summed E-state index contributed by atoms with van der Waals surface area (Å²) in [7, 11) is 3.17. The van der Waals surface area contributed by atoms with Gasteiger partial charge in [-0.2, -0.15) is 0 Å². The first-order chi connectivity index (χ1) is 13.2. The van der Waals surface area contributed by atoms with E-state index in [1.807, 2.05) is 12.1 Å². The highest BCUT2D eigenvalue weighted by molar-refractivity contribution is 5.87. The van der Waals surface area contributed by atoms with Gasteiger partial charge in [-0.1, -0.05) is 24.3 Å². The van der Waals surface area contributed by atoms with Crippen LogP contribution in [-0.4, -0.2) is 36.1 Å². The highest BCUT2D eigenvalue weighted by Gasteiger charge is 2.42. The molecule has 0 saturated carbocycles. The fraction of sp³-hybridized carbons (Fsp3) is 0.318. The predicted octanol–water partition coefficient (Wildman–Crippen LogP) is 3.37. The molecule has 0 fully saturated rings. The van der Waals surface area contributed by atoms with Crippen molar-refractivity contribution in [3.8, 4) is 5.75 Å². The van der Waals surface area contributed by atoms with E-state index in [4.69, 9.17) is 9.47 Å². The minimum absolute atomic E-state index is 0.129. The van der Waals surface area contributed by atoms with Crippen molar-refractivity contribution in [1.82, 2.24) is 9.88 Å². The molecule has 138 valence electrons. The summed E-state index contributed by atoms with van der Waals surface area (Å²) < 4.78 is 10.6.